The van der Waals surface area contributed by atoms with E-state index in [1.807, 2.05) is 25.1 Å². The number of amides is 1. The predicted molar refractivity (Wildman–Crippen MR) is 91.7 cm³/mol. The summed E-state index contributed by atoms with van der Waals surface area (Å²) >= 11 is 12.2. The molecule has 1 amide bonds. The minimum absolute atomic E-state index is 0.0725. The molecule has 1 aromatic carbocycles. The molecule has 0 spiro atoms. The molecule has 1 aromatic rings. The number of hydrogen-bond acceptors (Lipinski definition) is 3. The lowest BCUT2D eigenvalue weighted by Gasteiger charge is -2.35. The van der Waals surface area contributed by atoms with E-state index in [-0.39, 0.29) is 11.9 Å². The summed E-state index contributed by atoms with van der Waals surface area (Å²) in [5.74, 6) is -0.0725. The van der Waals surface area contributed by atoms with Crippen molar-refractivity contribution in [2.45, 2.75) is 23.7 Å². The smallest absolute Gasteiger partial charge is 0.229 e. The average Bonchev–Trinajstić information content (AvgIpc) is 3.09. The Labute approximate surface area is 147 Å². The van der Waals surface area contributed by atoms with E-state index in [1.54, 1.807) is 0 Å². The molecule has 2 atom stereocenters. The van der Waals surface area contributed by atoms with Crippen molar-refractivity contribution >= 4 is 29.1 Å². The van der Waals surface area contributed by atoms with Crippen molar-refractivity contribution in [1.82, 2.24) is 10.2 Å². The van der Waals surface area contributed by atoms with Crippen LogP contribution in [0.4, 0.5) is 0 Å². The number of carbonyl (C=O) groups is 1. The van der Waals surface area contributed by atoms with E-state index in [2.05, 4.69) is 22.3 Å². The van der Waals surface area contributed by atoms with Crippen LogP contribution in [0.2, 0.25) is 0 Å². The van der Waals surface area contributed by atoms with Crippen LogP contribution in [0.3, 0.4) is 0 Å². The lowest BCUT2D eigenvalue weighted by molar-refractivity contribution is -0.126. The highest BCUT2D eigenvalue weighted by atomic mass is 35.5. The van der Waals surface area contributed by atoms with E-state index >= 15 is 0 Å². The second kappa shape index (κ2) is 6.60. The van der Waals surface area contributed by atoms with Gasteiger partial charge in [0.05, 0.1) is 24.7 Å². The maximum Gasteiger partial charge on any atom is 0.229 e. The van der Waals surface area contributed by atoms with E-state index in [1.165, 1.54) is 5.56 Å². The number of halogens is 2. The Morgan fingerprint density at radius 1 is 1.30 bits per heavy atom. The topological polar surface area (TPSA) is 41.6 Å². The van der Waals surface area contributed by atoms with Crippen LogP contribution in [0.1, 0.15) is 24.9 Å². The fourth-order valence-corrected chi connectivity index (χ4v) is 3.76. The minimum Gasteiger partial charge on any atom is -0.379 e. The highest BCUT2D eigenvalue weighted by Crippen LogP contribution is 2.63. The summed E-state index contributed by atoms with van der Waals surface area (Å²) in [6, 6.07) is 10.4. The van der Waals surface area contributed by atoms with Gasteiger partial charge in [-0.05, 0) is 18.9 Å². The number of nitrogens with zero attached hydrogens (tertiary/aromatic N) is 1. The number of rotatable bonds is 5. The molecule has 1 heterocycles. The molecule has 1 saturated heterocycles. The second-order valence-electron chi connectivity index (χ2n) is 6.50. The number of carbonyl (C=O) groups excluding carboxylic acids is 1. The van der Waals surface area contributed by atoms with Crippen LogP contribution >= 0.6 is 23.2 Å². The Kier molecular flexibility index (Phi) is 4.88. The summed E-state index contributed by atoms with van der Waals surface area (Å²) in [6.45, 7) is 5.53. The summed E-state index contributed by atoms with van der Waals surface area (Å²) < 4.78 is 4.51. The van der Waals surface area contributed by atoms with E-state index in [4.69, 9.17) is 27.9 Å². The summed E-state index contributed by atoms with van der Waals surface area (Å²) in [5.41, 5.74) is 0.515. The number of alkyl halides is 2. The molecule has 1 saturated carbocycles. The summed E-state index contributed by atoms with van der Waals surface area (Å²) in [7, 11) is 0. The van der Waals surface area contributed by atoms with Crippen LogP contribution in [-0.2, 0) is 9.53 Å². The van der Waals surface area contributed by atoms with Crippen LogP contribution in [0.25, 0.3) is 0 Å². The van der Waals surface area contributed by atoms with Crippen LogP contribution in [0, 0.1) is 5.41 Å². The molecular weight excluding hydrogens is 335 g/mol. The van der Waals surface area contributed by atoms with Crippen molar-refractivity contribution in [2.75, 3.05) is 32.8 Å². The standard InChI is InChI=1S/C17H22Cl2N2O2/c1-16(12-17(16,18)19)15(22)20-11-14(13-5-3-2-4-6-13)21-7-9-23-10-8-21/h2-6,14H,7-12H2,1H3,(H,20,22)/t14-,16+/m0/s1. The number of benzene rings is 1. The van der Waals surface area contributed by atoms with Crippen molar-refractivity contribution in [1.29, 1.82) is 0 Å². The Balaban J connectivity index is 1.68. The normalized spacial score (nSPS) is 28.1. The first kappa shape index (κ1) is 17.0. The molecule has 2 fully saturated rings. The highest BCUT2D eigenvalue weighted by Gasteiger charge is 2.67. The van der Waals surface area contributed by atoms with Gasteiger partial charge in [0.1, 0.15) is 4.33 Å². The Morgan fingerprint density at radius 3 is 2.48 bits per heavy atom. The van der Waals surface area contributed by atoms with Crippen LogP contribution in [0.5, 0.6) is 0 Å². The summed E-state index contributed by atoms with van der Waals surface area (Å²) in [5, 5.41) is 3.05. The third-order valence-electron chi connectivity index (χ3n) is 4.89. The van der Waals surface area contributed by atoms with Gasteiger partial charge in [0.2, 0.25) is 5.91 Å². The van der Waals surface area contributed by atoms with Crippen LogP contribution < -0.4 is 5.32 Å². The molecule has 0 bridgehead atoms. The van der Waals surface area contributed by atoms with Crippen molar-refractivity contribution in [3.8, 4) is 0 Å². The average molecular weight is 357 g/mol. The fourth-order valence-electron chi connectivity index (χ4n) is 3.05. The maximum absolute atomic E-state index is 12.4. The zero-order valence-corrected chi connectivity index (χ0v) is 14.7. The summed E-state index contributed by atoms with van der Waals surface area (Å²) in [6.07, 6.45) is 0.502. The molecule has 3 rings (SSSR count). The van der Waals surface area contributed by atoms with E-state index < -0.39 is 9.75 Å². The Morgan fingerprint density at radius 2 is 1.91 bits per heavy atom. The Bertz CT molecular complexity index is 561. The van der Waals surface area contributed by atoms with Crippen LogP contribution in [-0.4, -0.2) is 48.0 Å². The molecule has 2 aliphatic rings. The fraction of sp³-hybridized carbons (Fsp3) is 0.588. The highest BCUT2D eigenvalue weighted by molar-refractivity contribution is 6.53. The summed E-state index contributed by atoms with van der Waals surface area (Å²) in [4.78, 5) is 14.8. The first-order chi connectivity index (χ1) is 10.9. The van der Waals surface area contributed by atoms with Gasteiger partial charge in [0.25, 0.3) is 0 Å². The van der Waals surface area contributed by atoms with Crippen LogP contribution in [0.15, 0.2) is 30.3 Å². The molecule has 6 heteroatoms. The van der Waals surface area contributed by atoms with Gasteiger partial charge < -0.3 is 10.1 Å². The number of hydrogen-bond donors (Lipinski definition) is 1. The molecule has 0 unspecified atom stereocenters. The first-order valence-electron chi connectivity index (χ1n) is 7.97. The third kappa shape index (κ3) is 3.50. The molecule has 1 aliphatic carbocycles. The zero-order valence-electron chi connectivity index (χ0n) is 13.2. The van der Waals surface area contributed by atoms with E-state index in [0.717, 1.165) is 26.3 Å². The van der Waals surface area contributed by atoms with Gasteiger partial charge in [0.15, 0.2) is 0 Å². The molecule has 1 N–H and O–H groups in total. The number of nitrogens with one attached hydrogen (secondary N) is 1. The van der Waals surface area contributed by atoms with Gasteiger partial charge in [-0.2, -0.15) is 0 Å². The molecular formula is C17H22Cl2N2O2. The van der Waals surface area contributed by atoms with E-state index in [0.29, 0.717) is 13.0 Å². The van der Waals surface area contributed by atoms with Gasteiger partial charge in [0, 0.05) is 19.6 Å². The third-order valence-corrected chi connectivity index (χ3v) is 5.99. The lowest BCUT2D eigenvalue weighted by Crippen LogP contribution is -2.45. The maximum atomic E-state index is 12.4. The lowest BCUT2D eigenvalue weighted by atomic mass is 10.0. The largest absolute Gasteiger partial charge is 0.379 e. The molecule has 1 aliphatic heterocycles. The molecule has 23 heavy (non-hydrogen) atoms. The van der Waals surface area contributed by atoms with Gasteiger partial charge in [-0.1, -0.05) is 30.3 Å². The van der Waals surface area contributed by atoms with Gasteiger partial charge in [-0.25, -0.2) is 0 Å². The van der Waals surface area contributed by atoms with Crippen molar-refractivity contribution < 1.29 is 9.53 Å². The first-order valence-corrected chi connectivity index (χ1v) is 8.72. The second-order valence-corrected chi connectivity index (χ2v) is 7.98. The monoisotopic (exact) mass is 356 g/mol. The number of morpholine rings is 1. The van der Waals surface area contributed by atoms with Crippen molar-refractivity contribution in [2.24, 2.45) is 5.41 Å². The van der Waals surface area contributed by atoms with Crippen molar-refractivity contribution in [3.63, 3.8) is 0 Å². The molecule has 126 valence electrons. The molecule has 0 radical (unpaired) electrons. The SMILES string of the molecule is C[C@]1(C(=O)NC[C@@H](c2ccccc2)N2CCOCC2)CC1(Cl)Cl. The van der Waals surface area contributed by atoms with E-state index in [9.17, 15) is 4.79 Å². The number of ether oxygens (including phenoxy) is 1. The van der Waals surface area contributed by atoms with Crippen molar-refractivity contribution in [3.05, 3.63) is 35.9 Å². The van der Waals surface area contributed by atoms with Gasteiger partial charge >= 0.3 is 0 Å². The quantitative estimate of drug-likeness (QED) is 0.824. The van der Waals surface area contributed by atoms with Gasteiger partial charge in [-0.15, -0.1) is 23.2 Å². The molecule has 0 aromatic heterocycles. The predicted octanol–water partition coefficient (Wildman–Crippen LogP) is 2.76. The Hall–Kier alpha value is -0.810. The zero-order chi connectivity index (χ0) is 16.5. The molecule has 4 nitrogen and oxygen atoms in total. The van der Waals surface area contributed by atoms with Gasteiger partial charge in [-0.3, -0.25) is 9.69 Å². The minimum atomic E-state index is -0.932.